The Balaban J connectivity index is 1.66. The molecule has 3 heterocycles. The molecule has 0 bridgehead atoms. The molecule has 4 rings (SSSR count). The lowest BCUT2D eigenvalue weighted by Gasteiger charge is -2.22. The van der Waals surface area contributed by atoms with Gasteiger partial charge in [-0.25, -0.2) is 0 Å². The summed E-state index contributed by atoms with van der Waals surface area (Å²) in [6.07, 6.45) is 21.9. The summed E-state index contributed by atoms with van der Waals surface area (Å²) in [6, 6.07) is 4.26. The molecule has 0 saturated heterocycles. The number of aromatic amines is 2. The highest BCUT2D eigenvalue weighted by molar-refractivity contribution is 5.94. The number of pyridine rings is 1. The Labute approximate surface area is 196 Å². The Hall–Kier alpha value is -3.40. The van der Waals surface area contributed by atoms with Gasteiger partial charge in [-0.3, -0.25) is 10.1 Å². The molecule has 170 valence electrons. The van der Waals surface area contributed by atoms with Crippen molar-refractivity contribution in [1.82, 2.24) is 20.2 Å². The molecule has 1 fully saturated rings. The van der Waals surface area contributed by atoms with Crippen molar-refractivity contribution >= 4 is 22.6 Å². The van der Waals surface area contributed by atoms with E-state index in [0.717, 1.165) is 57.2 Å². The topological polar surface area (TPSA) is 57.4 Å². The highest BCUT2D eigenvalue weighted by Crippen LogP contribution is 2.32. The second kappa shape index (κ2) is 10.5. The molecule has 0 radical (unpaired) electrons. The summed E-state index contributed by atoms with van der Waals surface area (Å²) in [7, 11) is 0. The van der Waals surface area contributed by atoms with Crippen molar-refractivity contribution in [3.8, 4) is 11.4 Å². The first-order valence-corrected chi connectivity index (χ1v) is 12.0. The maximum Gasteiger partial charge on any atom is 0.116 e. The van der Waals surface area contributed by atoms with Gasteiger partial charge in [-0.15, -0.1) is 0 Å². The molecule has 0 spiro atoms. The van der Waals surface area contributed by atoms with Crippen LogP contribution in [0.25, 0.3) is 33.9 Å². The van der Waals surface area contributed by atoms with Crippen molar-refractivity contribution in [3.63, 3.8) is 0 Å². The monoisotopic (exact) mass is 438 g/mol. The molecule has 4 heteroatoms. The summed E-state index contributed by atoms with van der Waals surface area (Å²) in [5, 5.41) is 8.78. The van der Waals surface area contributed by atoms with Crippen LogP contribution in [0.2, 0.25) is 0 Å². The summed E-state index contributed by atoms with van der Waals surface area (Å²) in [5.41, 5.74) is 8.41. The number of hydrogen-bond acceptors (Lipinski definition) is 2. The number of hydrogen-bond donors (Lipinski definition) is 2. The van der Waals surface area contributed by atoms with Crippen molar-refractivity contribution < 1.29 is 0 Å². The zero-order chi connectivity index (χ0) is 23.2. The molecule has 1 aliphatic rings. The number of rotatable bonds is 8. The van der Waals surface area contributed by atoms with Crippen LogP contribution in [0.3, 0.4) is 0 Å². The quantitative estimate of drug-likeness (QED) is 0.351. The molecule has 4 nitrogen and oxygen atoms in total. The molecule has 2 N–H and O–H groups in total. The normalized spacial score (nSPS) is 16.1. The van der Waals surface area contributed by atoms with E-state index in [0.29, 0.717) is 0 Å². The maximum absolute atomic E-state index is 4.73. The van der Waals surface area contributed by atoms with E-state index in [1.54, 1.807) is 6.08 Å². The summed E-state index contributed by atoms with van der Waals surface area (Å²) < 4.78 is 0. The molecule has 0 unspecified atom stereocenters. The third kappa shape index (κ3) is 5.16. The van der Waals surface area contributed by atoms with Crippen LogP contribution in [-0.2, 0) is 0 Å². The fraction of sp³-hybridized carbons (Fsp3) is 0.310. The van der Waals surface area contributed by atoms with Gasteiger partial charge in [-0.1, -0.05) is 75.6 Å². The third-order valence-electron chi connectivity index (χ3n) is 6.63. The molecule has 3 aromatic rings. The predicted octanol–water partition coefficient (Wildman–Crippen LogP) is 7.95. The van der Waals surface area contributed by atoms with Crippen LogP contribution in [0.1, 0.15) is 62.4 Å². The lowest BCUT2D eigenvalue weighted by atomic mass is 9.84. The van der Waals surface area contributed by atoms with Crippen LogP contribution in [0.5, 0.6) is 0 Å². The van der Waals surface area contributed by atoms with Crippen LogP contribution < -0.4 is 0 Å². The molecule has 0 aliphatic heterocycles. The van der Waals surface area contributed by atoms with Gasteiger partial charge in [0.25, 0.3) is 0 Å². The van der Waals surface area contributed by atoms with E-state index in [1.807, 2.05) is 18.3 Å². The number of allylic oxidation sites excluding steroid dienone is 7. The number of aromatic nitrogens is 4. The minimum absolute atomic E-state index is 0.775. The van der Waals surface area contributed by atoms with Gasteiger partial charge in [0, 0.05) is 11.1 Å². The summed E-state index contributed by atoms with van der Waals surface area (Å²) in [6.45, 7) is 12.0. The summed E-state index contributed by atoms with van der Waals surface area (Å²) in [4.78, 5) is 8.20. The Morgan fingerprint density at radius 2 is 2.00 bits per heavy atom. The Kier molecular flexibility index (Phi) is 7.23. The second-order valence-corrected chi connectivity index (χ2v) is 8.92. The lowest BCUT2D eigenvalue weighted by molar-refractivity contribution is 0.358. The zero-order valence-corrected chi connectivity index (χ0v) is 19.8. The minimum atomic E-state index is 0.775. The highest BCUT2D eigenvalue weighted by Gasteiger charge is 2.16. The molecule has 0 aromatic carbocycles. The van der Waals surface area contributed by atoms with Crippen molar-refractivity contribution in [2.24, 2.45) is 5.92 Å². The van der Waals surface area contributed by atoms with Gasteiger partial charge >= 0.3 is 0 Å². The van der Waals surface area contributed by atoms with E-state index in [4.69, 9.17) is 4.98 Å². The van der Waals surface area contributed by atoms with E-state index < -0.39 is 0 Å². The van der Waals surface area contributed by atoms with Crippen LogP contribution >= 0.6 is 0 Å². The van der Waals surface area contributed by atoms with Gasteiger partial charge in [0.15, 0.2) is 0 Å². The maximum atomic E-state index is 4.73. The molecule has 1 saturated carbocycles. The molecule has 1 aliphatic carbocycles. The number of fused-ring (bicyclic) bond motifs is 1. The predicted molar refractivity (Wildman–Crippen MR) is 141 cm³/mol. The Bertz CT molecular complexity index is 1230. The SMILES string of the molecule is C=C/C=C\c1cc(-c2n[nH]c3cnc(C(/C=C(\C=C)CC4CCCCC4)=C/C)cc23)[nH]c1C. The molecule has 0 amide bonds. The van der Waals surface area contributed by atoms with Gasteiger partial charge in [-0.2, -0.15) is 5.10 Å². The van der Waals surface area contributed by atoms with Gasteiger partial charge in [0.1, 0.15) is 5.69 Å². The molecule has 3 aromatic heterocycles. The molecule has 0 atom stereocenters. The van der Waals surface area contributed by atoms with Crippen molar-refractivity contribution in [3.05, 3.63) is 84.4 Å². The largest absolute Gasteiger partial charge is 0.357 e. The van der Waals surface area contributed by atoms with E-state index in [9.17, 15) is 0 Å². The van der Waals surface area contributed by atoms with E-state index >= 15 is 0 Å². The van der Waals surface area contributed by atoms with Crippen LogP contribution in [0, 0.1) is 12.8 Å². The first-order chi connectivity index (χ1) is 16.1. The van der Waals surface area contributed by atoms with Crippen molar-refractivity contribution in [2.45, 2.75) is 52.4 Å². The number of nitrogens with zero attached hydrogens (tertiary/aromatic N) is 2. The fourth-order valence-electron chi connectivity index (χ4n) is 4.76. The van der Waals surface area contributed by atoms with E-state index in [1.165, 1.54) is 37.7 Å². The number of aryl methyl sites for hydroxylation is 1. The average molecular weight is 439 g/mol. The fourth-order valence-corrected chi connectivity index (χ4v) is 4.76. The van der Waals surface area contributed by atoms with E-state index in [-0.39, 0.29) is 0 Å². The number of nitrogens with one attached hydrogen (secondary N) is 2. The van der Waals surface area contributed by atoms with Crippen LogP contribution in [0.15, 0.2) is 67.4 Å². The van der Waals surface area contributed by atoms with Gasteiger partial charge in [-0.05, 0) is 61.1 Å². The molecule has 33 heavy (non-hydrogen) atoms. The first kappa shape index (κ1) is 22.8. The average Bonchev–Trinajstić information content (AvgIpc) is 3.43. The second-order valence-electron chi connectivity index (χ2n) is 8.92. The first-order valence-electron chi connectivity index (χ1n) is 12.0. The molecular weight excluding hydrogens is 404 g/mol. The Morgan fingerprint density at radius 1 is 1.18 bits per heavy atom. The van der Waals surface area contributed by atoms with Crippen molar-refractivity contribution in [1.29, 1.82) is 0 Å². The summed E-state index contributed by atoms with van der Waals surface area (Å²) >= 11 is 0. The van der Waals surface area contributed by atoms with Crippen LogP contribution in [0.4, 0.5) is 0 Å². The summed E-state index contributed by atoms with van der Waals surface area (Å²) in [5.74, 6) is 0.775. The number of H-pyrrole nitrogens is 2. The molecular formula is C29H34N4. The standard InChI is InChI=1S/C29H34N4/c1-5-8-14-24-17-27(31-20(24)4)29-25-18-26(30-19-28(25)32-33-29)23(7-3)16-21(6-2)15-22-12-10-9-11-13-22/h5-8,14,16-19,22,31H,1-2,9-13,15H2,3-4H3,(H,32,33)/b14-8-,21-16+,23-7+. The van der Waals surface area contributed by atoms with Crippen LogP contribution in [-0.4, -0.2) is 20.2 Å². The smallest absolute Gasteiger partial charge is 0.116 e. The van der Waals surface area contributed by atoms with Gasteiger partial charge < -0.3 is 4.98 Å². The highest BCUT2D eigenvalue weighted by atomic mass is 15.1. The minimum Gasteiger partial charge on any atom is -0.357 e. The third-order valence-corrected chi connectivity index (χ3v) is 6.63. The lowest BCUT2D eigenvalue weighted by Crippen LogP contribution is -2.06. The van der Waals surface area contributed by atoms with Crippen molar-refractivity contribution in [2.75, 3.05) is 0 Å². The van der Waals surface area contributed by atoms with E-state index in [2.05, 4.69) is 72.5 Å². The van der Waals surface area contributed by atoms with Gasteiger partial charge in [0.05, 0.1) is 23.1 Å². The van der Waals surface area contributed by atoms with Gasteiger partial charge in [0.2, 0.25) is 0 Å². The Morgan fingerprint density at radius 3 is 2.73 bits per heavy atom. The zero-order valence-electron chi connectivity index (χ0n) is 19.8.